The fraction of sp³-hybridized carbons (Fsp3) is 0.822. The van der Waals surface area contributed by atoms with Crippen LogP contribution in [0.2, 0.25) is 0 Å². The number of aliphatic hydroxyl groups excluding tert-OH is 1. The van der Waals surface area contributed by atoms with Gasteiger partial charge >= 0.3 is 11.9 Å². The van der Waals surface area contributed by atoms with E-state index in [1.54, 1.807) is 0 Å². The van der Waals surface area contributed by atoms with Gasteiger partial charge in [-0.2, -0.15) is 0 Å². The Kier molecular flexibility index (Phi) is 40.0. The molecule has 0 aliphatic heterocycles. The Hall–Kier alpha value is -1.88. The molecule has 0 rings (SSSR count). The first-order valence-corrected chi connectivity index (χ1v) is 21.5. The summed E-state index contributed by atoms with van der Waals surface area (Å²) in [5.41, 5.74) is 0. The number of esters is 2. The lowest BCUT2D eigenvalue weighted by Crippen LogP contribution is -2.28. The predicted molar refractivity (Wildman–Crippen MR) is 214 cm³/mol. The highest BCUT2D eigenvalue weighted by molar-refractivity contribution is 5.70. The van der Waals surface area contributed by atoms with Crippen LogP contribution in [0.15, 0.2) is 36.5 Å². The van der Waals surface area contributed by atoms with Crippen molar-refractivity contribution < 1.29 is 24.2 Å². The number of hydrogen-bond acceptors (Lipinski definition) is 5. The second-order valence-corrected chi connectivity index (χ2v) is 14.4. The lowest BCUT2D eigenvalue weighted by molar-refractivity contribution is -0.161. The summed E-state index contributed by atoms with van der Waals surface area (Å²) in [5, 5.41) is 9.57. The summed E-state index contributed by atoms with van der Waals surface area (Å²) < 4.78 is 10.6. The van der Waals surface area contributed by atoms with Crippen molar-refractivity contribution in [2.75, 3.05) is 13.2 Å². The zero-order valence-electron chi connectivity index (χ0n) is 33.2. The van der Waals surface area contributed by atoms with E-state index in [0.29, 0.717) is 19.3 Å². The summed E-state index contributed by atoms with van der Waals surface area (Å²) >= 11 is 0. The number of aliphatic hydroxyl groups is 1. The van der Waals surface area contributed by atoms with Gasteiger partial charge < -0.3 is 14.6 Å². The number of ether oxygens (including phenoxy) is 2. The number of allylic oxidation sites excluding steroid dienone is 6. The average Bonchev–Trinajstić information content (AvgIpc) is 3.12. The molecule has 0 aromatic heterocycles. The maximum Gasteiger partial charge on any atom is 0.306 e. The van der Waals surface area contributed by atoms with Crippen LogP contribution in [0.1, 0.15) is 219 Å². The van der Waals surface area contributed by atoms with Crippen LogP contribution in [0.5, 0.6) is 0 Å². The van der Waals surface area contributed by atoms with E-state index in [0.717, 1.165) is 38.5 Å². The highest BCUT2D eigenvalue weighted by Gasteiger charge is 2.16. The minimum atomic E-state index is -0.788. The first kappa shape index (κ1) is 48.1. The van der Waals surface area contributed by atoms with Crippen LogP contribution in [-0.4, -0.2) is 36.4 Å². The van der Waals surface area contributed by atoms with Crippen molar-refractivity contribution in [3.05, 3.63) is 36.5 Å². The molecule has 0 unspecified atom stereocenters. The zero-order chi connectivity index (χ0) is 36.4. The van der Waals surface area contributed by atoms with Gasteiger partial charge in [-0.15, -0.1) is 0 Å². The fourth-order valence-corrected chi connectivity index (χ4v) is 6.16. The Morgan fingerprint density at radius 1 is 0.460 bits per heavy atom. The van der Waals surface area contributed by atoms with E-state index in [2.05, 4.69) is 50.3 Å². The predicted octanol–water partition coefficient (Wildman–Crippen LogP) is 13.6. The molecule has 1 atom stereocenters. The van der Waals surface area contributed by atoms with Crippen molar-refractivity contribution in [2.45, 2.75) is 225 Å². The Morgan fingerprint density at radius 3 is 1.26 bits per heavy atom. The molecule has 0 aliphatic rings. The van der Waals surface area contributed by atoms with Crippen molar-refractivity contribution in [1.82, 2.24) is 0 Å². The smallest absolute Gasteiger partial charge is 0.306 e. The van der Waals surface area contributed by atoms with E-state index < -0.39 is 6.10 Å². The number of carbonyl (C=O) groups is 2. The van der Waals surface area contributed by atoms with E-state index in [1.165, 1.54) is 148 Å². The monoisotopic (exact) mass is 703 g/mol. The van der Waals surface area contributed by atoms with Gasteiger partial charge in [-0.1, -0.05) is 198 Å². The molecular formula is C45H82O5. The topological polar surface area (TPSA) is 72.8 Å². The summed E-state index contributed by atoms with van der Waals surface area (Å²) in [6, 6.07) is 0. The molecule has 0 aromatic rings. The summed E-state index contributed by atoms with van der Waals surface area (Å²) in [6.45, 7) is 4.11. The van der Waals surface area contributed by atoms with Crippen molar-refractivity contribution in [1.29, 1.82) is 0 Å². The van der Waals surface area contributed by atoms with Gasteiger partial charge in [-0.25, -0.2) is 0 Å². The molecule has 0 heterocycles. The molecule has 5 heteroatoms. The maximum atomic E-state index is 12.2. The molecule has 0 spiro atoms. The third-order valence-electron chi connectivity index (χ3n) is 9.44. The molecule has 50 heavy (non-hydrogen) atoms. The average molecular weight is 703 g/mol. The van der Waals surface area contributed by atoms with Crippen molar-refractivity contribution in [3.63, 3.8) is 0 Å². The van der Waals surface area contributed by atoms with Crippen molar-refractivity contribution >= 4 is 11.9 Å². The van der Waals surface area contributed by atoms with Gasteiger partial charge in [-0.3, -0.25) is 9.59 Å². The molecule has 0 amide bonds. The number of unbranched alkanes of at least 4 members (excludes halogenated alkanes) is 25. The quantitative estimate of drug-likeness (QED) is 0.0392. The second-order valence-electron chi connectivity index (χ2n) is 14.4. The molecule has 0 radical (unpaired) electrons. The van der Waals surface area contributed by atoms with Gasteiger partial charge in [0.25, 0.3) is 0 Å². The minimum Gasteiger partial charge on any atom is -0.462 e. The molecule has 0 fully saturated rings. The summed E-state index contributed by atoms with van der Waals surface area (Å²) in [5.74, 6) is -0.644. The lowest BCUT2D eigenvalue weighted by atomic mass is 10.0. The summed E-state index contributed by atoms with van der Waals surface area (Å²) in [7, 11) is 0. The number of rotatable bonds is 39. The SMILES string of the molecule is CCCCCCCC/C=C\C/C=C\C/C=C\CCCC(=O)OC[C@H](CO)OC(=O)CCCCCCCCCCCCCCCCCCCCC. The third-order valence-corrected chi connectivity index (χ3v) is 9.44. The Morgan fingerprint density at radius 2 is 0.820 bits per heavy atom. The molecule has 0 bridgehead atoms. The third kappa shape index (κ3) is 38.9. The Bertz CT molecular complexity index is 801. The van der Waals surface area contributed by atoms with Crippen LogP contribution in [0.4, 0.5) is 0 Å². The van der Waals surface area contributed by atoms with Gasteiger partial charge in [0.1, 0.15) is 6.61 Å². The Balaban J connectivity index is 3.58. The Labute approximate surface area is 310 Å². The molecule has 0 aliphatic carbocycles. The second kappa shape index (κ2) is 41.5. The fourth-order valence-electron chi connectivity index (χ4n) is 6.16. The van der Waals surface area contributed by atoms with Crippen LogP contribution in [0.3, 0.4) is 0 Å². The minimum absolute atomic E-state index is 0.0890. The molecule has 5 nitrogen and oxygen atoms in total. The van der Waals surface area contributed by atoms with Gasteiger partial charge in [0.05, 0.1) is 6.61 Å². The first-order chi connectivity index (χ1) is 24.6. The van der Waals surface area contributed by atoms with E-state index in [4.69, 9.17) is 9.47 Å². The molecule has 292 valence electrons. The van der Waals surface area contributed by atoms with E-state index in [1.807, 2.05) is 0 Å². The van der Waals surface area contributed by atoms with Gasteiger partial charge in [0, 0.05) is 12.8 Å². The summed E-state index contributed by atoms with van der Waals surface area (Å²) in [4.78, 5) is 24.3. The molecule has 0 aromatic carbocycles. The largest absolute Gasteiger partial charge is 0.462 e. The van der Waals surface area contributed by atoms with Crippen LogP contribution >= 0.6 is 0 Å². The molecule has 1 N–H and O–H groups in total. The maximum absolute atomic E-state index is 12.2. The van der Waals surface area contributed by atoms with Gasteiger partial charge in [0.15, 0.2) is 6.10 Å². The van der Waals surface area contributed by atoms with Gasteiger partial charge in [-0.05, 0) is 44.9 Å². The van der Waals surface area contributed by atoms with Crippen molar-refractivity contribution in [2.24, 2.45) is 0 Å². The van der Waals surface area contributed by atoms with Crippen LogP contribution in [0, 0.1) is 0 Å². The van der Waals surface area contributed by atoms with E-state index in [9.17, 15) is 14.7 Å². The number of hydrogen-bond donors (Lipinski definition) is 1. The number of carbonyl (C=O) groups excluding carboxylic acids is 2. The normalized spacial score (nSPS) is 12.5. The van der Waals surface area contributed by atoms with E-state index in [-0.39, 0.29) is 25.2 Å². The van der Waals surface area contributed by atoms with Crippen LogP contribution in [0.25, 0.3) is 0 Å². The highest BCUT2D eigenvalue weighted by Crippen LogP contribution is 2.15. The van der Waals surface area contributed by atoms with Crippen molar-refractivity contribution in [3.8, 4) is 0 Å². The standard InChI is InChI=1S/C45H82O5/c1-3-5-7-9-11-13-15-17-19-21-22-24-26-28-30-32-34-36-38-40-45(48)50-43(41-46)42-49-44(47)39-37-35-33-31-29-27-25-23-20-18-16-14-12-10-8-6-4-2/h18,20,25,27,31,33,43,46H,3-17,19,21-24,26,28-30,32,34-42H2,1-2H3/b20-18-,27-25-,33-31-/t43-/m0/s1. The van der Waals surface area contributed by atoms with Crippen LogP contribution in [-0.2, 0) is 19.1 Å². The first-order valence-electron chi connectivity index (χ1n) is 21.5. The summed E-state index contributed by atoms with van der Waals surface area (Å²) in [6.07, 6.45) is 50.8. The zero-order valence-corrected chi connectivity index (χ0v) is 33.2. The van der Waals surface area contributed by atoms with E-state index >= 15 is 0 Å². The molecular weight excluding hydrogens is 620 g/mol. The van der Waals surface area contributed by atoms with Crippen LogP contribution < -0.4 is 0 Å². The molecule has 0 saturated heterocycles. The lowest BCUT2D eigenvalue weighted by Gasteiger charge is -2.15. The highest BCUT2D eigenvalue weighted by atomic mass is 16.6. The molecule has 0 saturated carbocycles. The van der Waals surface area contributed by atoms with Gasteiger partial charge in [0.2, 0.25) is 0 Å².